The molecule has 1 heterocycles. The maximum atomic E-state index is 12.9. The van der Waals surface area contributed by atoms with E-state index < -0.39 is 17.8 Å². The Hall–Kier alpha value is -2.22. The van der Waals surface area contributed by atoms with Gasteiger partial charge in [-0.25, -0.2) is 0 Å². The summed E-state index contributed by atoms with van der Waals surface area (Å²) in [6.45, 7) is 0.281. The minimum atomic E-state index is -4.48. The van der Waals surface area contributed by atoms with Gasteiger partial charge in [0, 0.05) is 23.2 Å². The number of hydrogen-bond donors (Lipinski definition) is 1. The molecule has 1 aliphatic carbocycles. The molecule has 140 valence electrons. The van der Waals surface area contributed by atoms with Crippen LogP contribution in [0.5, 0.6) is 5.75 Å². The van der Waals surface area contributed by atoms with Gasteiger partial charge in [-0.1, -0.05) is 11.6 Å². The highest BCUT2D eigenvalue weighted by Crippen LogP contribution is 2.42. The SMILES string of the molecule is COc1ccc(Cl)cc1C(=O)NCCn1nc(C(F)(F)F)cc1C1CC1. The van der Waals surface area contributed by atoms with Crippen LogP contribution >= 0.6 is 11.6 Å². The zero-order valence-corrected chi connectivity index (χ0v) is 14.7. The molecule has 1 aromatic heterocycles. The summed E-state index contributed by atoms with van der Waals surface area (Å²) in [5, 5.41) is 6.70. The van der Waals surface area contributed by atoms with Crippen molar-refractivity contribution in [3.05, 3.63) is 46.2 Å². The third-order valence-corrected chi connectivity index (χ3v) is 4.35. The number of nitrogens with zero attached hydrogens (tertiary/aromatic N) is 2. The summed E-state index contributed by atoms with van der Waals surface area (Å²) in [4.78, 5) is 12.3. The van der Waals surface area contributed by atoms with Gasteiger partial charge < -0.3 is 10.1 Å². The zero-order valence-electron chi connectivity index (χ0n) is 13.9. The summed E-state index contributed by atoms with van der Waals surface area (Å²) in [5.74, 6) is 0.0619. The Labute approximate surface area is 153 Å². The molecule has 1 fully saturated rings. The van der Waals surface area contributed by atoms with E-state index in [2.05, 4.69) is 10.4 Å². The Kier molecular flexibility index (Phi) is 5.13. The van der Waals surface area contributed by atoms with Crippen molar-refractivity contribution in [1.29, 1.82) is 0 Å². The van der Waals surface area contributed by atoms with Crippen molar-refractivity contribution in [3.8, 4) is 5.75 Å². The molecule has 1 aliphatic rings. The largest absolute Gasteiger partial charge is 0.496 e. The van der Waals surface area contributed by atoms with Gasteiger partial charge in [0.2, 0.25) is 0 Å². The molecule has 0 spiro atoms. The molecule has 0 unspecified atom stereocenters. The maximum absolute atomic E-state index is 12.9. The average Bonchev–Trinajstić information content (AvgIpc) is 3.33. The van der Waals surface area contributed by atoms with E-state index in [1.807, 2.05) is 0 Å². The lowest BCUT2D eigenvalue weighted by Gasteiger charge is -2.11. The highest BCUT2D eigenvalue weighted by molar-refractivity contribution is 6.31. The molecular formula is C17H17ClF3N3O2. The monoisotopic (exact) mass is 387 g/mol. The first-order valence-electron chi connectivity index (χ1n) is 8.06. The number of hydrogen-bond acceptors (Lipinski definition) is 3. The molecule has 0 aliphatic heterocycles. The Balaban J connectivity index is 1.67. The van der Waals surface area contributed by atoms with Gasteiger partial charge in [-0.3, -0.25) is 9.48 Å². The molecule has 9 heteroatoms. The van der Waals surface area contributed by atoms with Crippen LogP contribution in [0.1, 0.15) is 40.5 Å². The van der Waals surface area contributed by atoms with Crippen molar-refractivity contribution in [2.45, 2.75) is 31.5 Å². The van der Waals surface area contributed by atoms with Crippen LogP contribution < -0.4 is 10.1 Å². The van der Waals surface area contributed by atoms with E-state index in [-0.39, 0.29) is 24.6 Å². The second-order valence-corrected chi connectivity index (χ2v) is 6.49. The average molecular weight is 388 g/mol. The minimum Gasteiger partial charge on any atom is -0.496 e. The van der Waals surface area contributed by atoms with Gasteiger partial charge in [0.1, 0.15) is 5.75 Å². The number of benzene rings is 1. The molecule has 1 amide bonds. The van der Waals surface area contributed by atoms with E-state index >= 15 is 0 Å². The normalized spacial score (nSPS) is 14.3. The highest BCUT2D eigenvalue weighted by atomic mass is 35.5. The molecule has 0 saturated heterocycles. The third-order valence-electron chi connectivity index (χ3n) is 4.11. The van der Waals surface area contributed by atoms with Gasteiger partial charge in [-0.15, -0.1) is 0 Å². The van der Waals surface area contributed by atoms with Gasteiger partial charge >= 0.3 is 6.18 Å². The van der Waals surface area contributed by atoms with Gasteiger partial charge in [-0.2, -0.15) is 18.3 Å². The standard InChI is InChI=1S/C17H17ClF3N3O2/c1-26-14-5-4-11(18)8-12(14)16(25)22-6-7-24-13(10-2-3-10)9-15(23-24)17(19,20)21/h4-5,8-10H,2-3,6-7H2,1H3,(H,22,25). The first-order valence-corrected chi connectivity index (χ1v) is 8.44. The van der Waals surface area contributed by atoms with E-state index in [9.17, 15) is 18.0 Å². The Morgan fingerprint density at radius 1 is 1.38 bits per heavy atom. The number of halogens is 4. The molecule has 5 nitrogen and oxygen atoms in total. The van der Waals surface area contributed by atoms with Crippen molar-refractivity contribution in [3.63, 3.8) is 0 Å². The van der Waals surface area contributed by atoms with Crippen LogP contribution in [0.25, 0.3) is 0 Å². The lowest BCUT2D eigenvalue weighted by Crippen LogP contribution is -2.28. The van der Waals surface area contributed by atoms with Crippen LogP contribution in [-0.2, 0) is 12.7 Å². The zero-order chi connectivity index (χ0) is 18.9. The number of carbonyl (C=O) groups excluding carboxylic acids is 1. The number of ether oxygens (including phenoxy) is 1. The number of aromatic nitrogens is 2. The summed E-state index contributed by atoms with van der Waals surface area (Å²) in [7, 11) is 1.43. The summed E-state index contributed by atoms with van der Waals surface area (Å²) < 4.78 is 45.1. The molecule has 0 radical (unpaired) electrons. The highest BCUT2D eigenvalue weighted by Gasteiger charge is 2.37. The van der Waals surface area contributed by atoms with Crippen LogP contribution in [-0.4, -0.2) is 29.3 Å². The second-order valence-electron chi connectivity index (χ2n) is 6.05. The van der Waals surface area contributed by atoms with Gasteiger partial charge in [0.25, 0.3) is 5.91 Å². The molecule has 1 aromatic carbocycles. The molecule has 26 heavy (non-hydrogen) atoms. The molecule has 1 saturated carbocycles. The van der Waals surface area contributed by atoms with Crippen molar-refractivity contribution in [2.75, 3.05) is 13.7 Å². The molecule has 0 atom stereocenters. The van der Waals surface area contributed by atoms with Crippen LogP contribution in [0, 0.1) is 0 Å². The first-order chi connectivity index (χ1) is 12.3. The number of methoxy groups -OCH3 is 1. The van der Waals surface area contributed by atoms with E-state index in [4.69, 9.17) is 16.3 Å². The number of rotatable bonds is 6. The fourth-order valence-electron chi connectivity index (χ4n) is 2.68. The summed E-state index contributed by atoms with van der Waals surface area (Å²) in [6.07, 6.45) is -2.77. The Morgan fingerprint density at radius 3 is 2.73 bits per heavy atom. The Bertz CT molecular complexity index is 816. The second kappa shape index (κ2) is 7.19. The molecular weight excluding hydrogens is 371 g/mol. The molecule has 2 aromatic rings. The lowest BCUT2D eigenvalue weighted by molar-refractivity contribution is -0.141. The first kappa shape index (κ1) is 18.6. The van der Waals surface area contributed by atoms with Crippen LogP contribution in [0.15, 0.2) is 24.3 Å². The van der Waals surface area contributed by atoms with Crippen molar-refractivity contribution in [1.82, 2.24) is 15.1 Å². The maximum Gasteiger partial charge on any atom is 0.435 e. The number of nitrogens with one attached hydrogen (secondary N) is 1. The molecule has 3 rings (SSSR count). The van der Waals surface area contributed by atoms with E-state index in [1.54, 1.807) is 12.1 Å². The predicted molar refractivity (Wildman–Crippen MR) is 89.5 cm³/mol. The fourth-order valence-corrected chi connectivity index (χ4v) is 2.86. The van der Waals surface area contributed by atoms with E-state index in [1.165, 1.54) is 17.9 Å². The number of carbonyl (C=O) groups is 1. The van der Waals surface area contributed by atoms with E-state index in [0.29, 0.717) is 16.5 Å². The van der Waals surface area contributed by atoms with E-state index in [0.717, 1.165) is 18.9 Å². The van der Waals surface area contributed by atoms with Crippen molar-refractivity contribution < 1.29 is 22.7 Å². The van der Waals surface area contributed by atoms with Crippen molar-refractivity contribution >= 4 is 17.5 Å². The number of amides is 1. The summed E-state index contributed by atoms with van der Waals surface area (Å²) in [6, 6.07) is 5.74. The van der Waals surface area contributed by atoms with Crippen molar-refractivity contribution in [2.24, 2.45) is 0 Å². The molecule has 1 N–H and O–H groups in total. The van der Waals surface area contributed by atoms with Crippen LogP contribution in [0.3, 0.4) is 0 Å². The summed E-state index contributed by atoms with van der Waals surface area (Å²) >= 11 is 5.90. The minimum absolute atomic E-state index is 0.113. The lowest BCUT2D eigenvalue weighted by atomic mass is 10.2. The fraction of sp³-hybridized carbons (Fsp3) is 0.412. The number of alkyl halides is 3. The Morgan fingerprint density at radius 2 is 2.12 bits per heavy atom. The van der Waals surface area contributed by atoms with Gasteiger partial charge in [0.15, 0.2) is 5.69 Å². The summed E-state index contributed by atoms with van der Waals surface area (Å²) in [5.41, 5.74) is -0.0759. The van der Waals surface area contributed by atoms with Gasteiger partial charge in [0.05, 0.1) is 19.2 Å². The topological polar surface area (TPSA) is 56.1 Å². The predicted octanol–water partition coefficient (Wildman–Crippen LogP) is 3.87. The quantitative estimate of drug-likeness (QED) is 0.818. The smallest absolute Gasteiger partial charge is 0.435 e. The van der Waals surface area contributed by atoms with Crippen LogP contribution in [0.4, 0.5) is 13.2 Å². The van der Waals surface area contributed by atoms with Crippen LogP contribution in [0.2, 0.25) is 5.02 Å². The molecule has 0 bridgehead atoms. The third kappa shape index (κ3) is 4.12. The van der Waals surface area contributed by atoms with Gasteiger partial charge in [-0.05, 0) is 37.1 Å².